The van der Waals surface area contributed by atoms with Crippen molar-refractivity contribution < 1.29 is 5.11 Å². The number of rotatable bonds is 6. The zero-order chi connectivity index (χ0) is 13.0. The first-order valence-corrected chi connectivity index (χ1v) is 6.33. The highest BCUT2D eigenvalue weighted by molar-refractivity contribution is 5.22. The summed E-state index contributed by atoms with van der Waals surface area (Å²) in [6.45, 7) is 11.5. The smallest absolute Gasteiger partial charge is 0.0625 e. The largest absolute Gasteiger partial charge is 0.395 e. The Morgan fingerprint density at radius 2 is 1.94 bits per heavy atom. The lowest BCUT2D eigenvalue weighted by atomic mass is 10.2. The zero-order valence-corrected chi connectivity index (χ0v) is 11.6. The maximum absolute atomic E-state index is 9.29. The molecule has 4 nitrogen and oxygen atoms in total. The molecule has 0 amide bonds. The van der Waals surface area contributed by atoms with Crippen molar-refractivity contribution in [3.63, 3.8) is 0 Å². The van der Waals surface area contributed by atoms with Crippen LogP contribution in [0, 0.1) is 20.8 Å². The Bertz CT molecular complexity index is 358. The highest BCUT2D eigenvalue weighted by atomic mass is 16.3. The van der Waals surface area contributed by atoms with Crippen LogP contribution in [0.3, 0.4) is 0 Å². The molecule has 0 aliphatic heterocycles. The minimum absolute atomic E-state index is 0.152. The molecule has 4 heteroatoms. The average molecular weight is 239 g/mol. The number of aromatic nitrogens is 2. The highest BCUT2D eigenvalue weighted by Crippen LogP contribution is 2.11. The number of aryl methyl sites for hydroxylation is 2. The van der Waals surface area contributed by atoms with Crippen molar-refractivity contribution >= 4 is 0 Å². The third-order valence-electron chi connectivity index (χ3n) is 3.22. The van der Waals surface area contributed by atoms with Crippen LogP contribution >= 0.6 is 0 Å². The first kappa shape index (κ1) is 14.2. The summed E-state index contributed by atoms with van der Waals surface area (Å²) in [4.78, 5) is 0. The predicted octanol–water partition coefficient (Wildman–Crippen LogP) is 1.56. The Hall–Kier alpha value is -0.870. The molecule has 0 aliphatic rings. The fourth-order valence-corrected chi connectivity index (χ4v) is 1.98. The number of nitrogens with one attached hydrogen (secondary N) is 1. The molecular formula is C13H25N3O. The molecule has 17 heavy (non-hydrogen) atoms. The molecule has 0 aliphatic carbocycles. The quantitative estimate of drug-likeness (QED) is 0.792. The Kier molecular flexibility index (Phi) is 5.15. The van der Waals surface area contributed by atoms with Crippen molar-refractivity contribution in [2.45, 2.75) is 59.7 Å². The Morgan fingerprint density at radius 1 is 1.29 bits per heavy atom. The number of aliphatic hydroxyl groups is 1. The van der Waals surface area contributed by atoms with Crippen LogP contribution in [0.5, 0.6) is 0 Å². The second-order valence-corrected chi connectivity index (χ2v) is 5.01. The number of hydrogen-bond acceptors (Lipinski definition) is 3. The van der Waals surface area contributed by atoms with Crippen molar-refractivity contribution in [2.75, 3.05) is 6.61 Å². The summed E-state index contributed by atoms with van der Waals surface area (Å²) in [6.07, 6.45) is 0.899. The van der Waals surface area contributed by atoms with Gasteiger partial charge in [-0.05, 0) is 32.8 Å². The molecule has 0 fully saturated rings. The number of hydrogen-bond donors (Lipinski definition) is 2. The highest BCUT2D eigenvalue weighted by Gasteiger charge is 2.11. The van der Waals surface area contributed by atoms with Crippen molar-refractivity contribution in [2.24, 2.45) is 0 Å². The number of nitrogens with zero attached hydrogens (tertiary/aromatic N) is 2. The fourth-order valence-electron chi connectivity index (χ4n) is 1.98. The molecule has 2 N–H and O–H groups in total. The van der Waals surface area contributed by atoms with Gasteiger partial charge in [0.15, 0.2) is 0 Å². The lowest BCUT2D eigenvalue weighted by Crippen LogP contribution is -2.38. The summed E-state index contributed by atoms with van der Waals surface area (Å²) < 4.78 is 2.04. The normalized spacial score (nSPS) is 13.4. The predicted molar refractivity (Wildman–Crippen MR) is 70.2 cm³/mol. The van der Waals surface area contributed by atoms with E-state index in [2.05, 4.69) is 38.1 Å². The molecule has 1 heterocycles. The van der Waals surface area contributed by atoms with Crippen molar-refractivity contribution in [3.05, 3.63) is 17.0 Å². The standard InChI is InChI=1S/C13H25N3O/c1-9(2)14-13(8-17)6-7-16-12(5)10(3)11(4)15-16/h9,13-14,17H,6-8H2,1-5H3. The Morgan fingerprint density at radius 3 is 2.35 bits per heavy atom. The van der Waals surface area contributed by atoms with Gasteiger partial charge in [0.1, 0.15) is 0 Å². The van der Waals surface area contributed by atoms with Gasteiger partial charge in [-0.15, -0.1) is 0 Å². The minimum atomic E-state index is 0.152. The van der Waals surface area contributed by atoms with E-state index in [4.69, 9.17) is 0 Å². The van der Waals surface area contributed by atoms with Crippen LogP contribution in [0.2, 0.25) is 0 Å². The lowest BCUT2D eigenvalue weighted by Gasteiger charge is -2.19. The molecular weight excluding hydrogens is 214 g/mol. The summed E-state index contributed by atoms with van der Waals surface area (Å²) in [5.74, 6) is 0. The summed E-state index contributed by atoms with van der Waals surface area (Å²) in [7, 11) is 0. The van der Waals surface area contributed by atoms with Gasteiger partial charge in [-0.1, -0.05) is 13.8 Å². The van der Waals surface area contributed by atoms with Gasteiger partial charge in [-0.3, -0.25) is 4.68 Å². The molecule has 0 spiro atoms. The van der Waals surface area contributed by atoms with E-state index in [1.165, 1.54) is 11.3 Å². The Labute approximate surface area is 104 Å². The van der Waals surface area contributed by atoms with Gasteiger partial charge < -0.3 is 10.4 Å². The third kappa shape index (κ3) is 3.82. The van der Waals surface area contributed by atoms with E-state index in [0.29, 0.717) is 6.04 Å². The van der Waals surface area contributed by atoms with Gasteiger partial charge in [0.25, 0.3) is 0 Å². The van der Waals surface area contributed by atoms with Crippen molar-refractivity contribution in [1.29, 1.82) is 0 Å². The fraction of sp³-hybridized carbons (Fsp3) is 0.769. The van der Waals surface area contributed by atoms with E-state index >= 15 is 0 Å². The summed E-state index contributed by atoms with van der Waals surface area (Å²) >= 11 is 0. The van der Waals surface area contributed by atoms with E-state index in [9.17, 15) is 5.11 Å². The molecule has 1 aromatic heterocycles. The second-order valence-electron chi connectivity index (χ2n) is 5.01. The molecule has 0 saturated heterocycles. The van der Waals surface area contributed by atoms with E-state index in [0.717, 1.165) is 18.7 Å². The first-order chi connectivity index (χ1) is 7.95. The minimum Gasteiger partial charge on any atom is -0.395 e. The van der Waals surface area contributed by atoms with Gasteiger partial charge in [-0.25, -0.2) is 0 Å². The van der Waals surface area contributed by atoms with Crippen LogP contribution in [0.4, 0.5) is 0 Å². The molecule has 0 radical (unpaired) electrons. The zero-order valence-electron chi connectivity index (χ0n) is 11.6. The van der Waals surface area contributed by atoms with E-state index in [1.54, 1.807) is 0 Å². The molecule has 1 rings (SSSR count). The van der Waals surface area contributed by atoms with Gasteiger partial charge in [-0.2, -0.15) is 5.10 Å². The van der Waals surface area contributed by atoms with Crippen LogP contribution in [0.1, 0.15) is 37.2 Å². The summed E-state index contributed by atoms with van der Waals surface area (Å²) in [5.41, 5.74) is 3.59. The molecule has 0 bridgehead atoms. The molecule has 0 saturated carbocycles. The van der Waals surface area contributed by atoms with E-state index < -0.39 is 0 Å². The maximum Gasteiger partial charge on any atom is 0.0625 e. The van der Waals surface area contributed by atoms with E-state index in [-0.39, 0.29) is 12.6 Å². The van der Waals surface area contributed by atoms with E-state index in [1.807, 2.05) is 11.6 Å². The van der Waals surface area contributed by atoms with Gasteiger partial charge in [0, 0.05) is 24.3 Å². The van der Waals surface area contributed by atoms with Crippen LogP contribution in [0.25, 0.3) is 0 Å². The van der Waals surface area contributed by atoms with Gasteiger partial charge >= 0.3 is 0 Å². The molecule has 98 valence electrons. The maximum atomic E-state index is 9.29. The van der Waals surface area contributed by atoms with Crippen LogP contribution in [-0.4, -0.2) is 33.6 Å². The SMILES string of the molecule is Cc1nn(CCC(CO)NC(C)C)c(C)c1C. The number of aliphatic hydroxyl groups excluding tert-OH is 1. The van der Waals surface area contributed by atoms with Gasteiger partial charge in [0.05, 0.1) is 12.3 Å². The molecule has 0 aromatic carbocycles. The molecule has 1 atom stereocenters. The average Bonchev–Trinajstić information content (AvgIpc) is 2.51. The second kappa shape index (κ2) is 6.17. The summed E-state index contributed by atoms with van der Waals surface area (Å²) in [5, 5.41) is 17.1. The summed E-state index contributed by atoms with van der Waals surface area (Å²) in [6, 6.07) is 0.550. The Balaban J connectivity index is 2.56. The van der Waals surface area contributed by atoms with Crippen LogP contribution in [-0.2, 0) is 6.54 Å². The van der Waals surface area contributed by atoms with Crippen molar-refractivity contribution in [3.8, 4) is 0 Å². The third-order valence-corrected chi connectivity index (χ3v) is 3.22. The molecule has 1 aromatic rings. The van der Waals surface area contributed by atoms with Crippen molar-refractivity contribution in [1.82, 2.24) is 15.1 Å². The van der Waals surface area contributed by atoms with Crippen LogP contribution in [0.15, 0.2) is 0 Å². The lowest BCUT2D eigenvalue weighted by molar-refractivity contribution is 0.222. The topological polar surface area (TPSA) is 50.1 Å². The van der Waals surface area contributed by atoms with Crippen LogP contribution < -0.4 is 5.32 Å². The molecule has 1 unspecified atom stereocenters. The first-order valence-electron chi connectivity index (χ1n) is 6.33. The van der Waals surface area contributed by atoms with Gasteiger partial charge in [0.2, 0.25) is 0 Å². The monoisotopic (exact) mass is 239 g/mol.